The van der Waals surface area contributed by atoms with E-state index < -0.39 is 5.82 Å². The molecule has 0 amide bonds. The van der Waals surface area contributed by atoms with Crippen LogP contribution in [0.1, 0.15) is 18.9 Å². The number of anilines is 1. The van der Waals surface area contributed by atoms with Gasteiger partial charge in [-0.25, -0.2) is 4.39 Å². The standard InChI is InChI=1S/C23H29ClFN3O2S/c1-2-30-20-7-4-18(5-8-20)17-28(11-3-10-27-12-14-29-15-13-27)23(31)26-19-6-9-22(25)21(24)16-19/h4-9,16H,2-3,10-15,17H2,1H3,(H,26,31). The molecule has 2 aromatic rings. The molecule has 3 rings (SSSR count). The molecule has 168 valence electrons. The summed E-state index contributed by atoms with van der Waals surface area (Å²) < 4.78 is 24.4. The summed E-state index contributed by atoms with van der Waals surface area (Å²) >= 11 is 11.6. The molecule has 1 aliphatic rings. The first-order valence-corrected chi connectivity index (χ1v) is 11.4. The highest BCUT2D eigenvalue weighted by atomic mass is 35.5. The zero-order valence-corrected chi connectivity index (χ0v) is 19.4. The molecule has 0 aliphatic carbocycles. The van der Waals surface area contributed by atoms with Crippen molar-refractivity contribution in [3.05, 3.63) is 58.9 Å². The molecule has 0 saturated carbocycles. The zero-order chi connectivity index (χ0) is 22.1. The molecular weight excluding hydrogens is 437 g/mol. The minimum atomic E-state index is -0.449. The van der Waals surface area contributed by atoms with Gasteiger partial charge in [0.15, 0.2) is 5.11 Å². The van der Waals surface area contributed by atoms with Crippen LogP contribution in [0.2, 0.25) is 5.02 Å². The van der Waals surface area contributed by atoms with Gasteiger partial charge in [0.05, 0.1) is 24.8 Å². The van der Waals surface area contributed by atoms with Crippen LogP contribution in [-0.2, 0) is 11.3 Å². The van der Waals surface area contributed by atoms with Crippen molar-refractivity contribution in [2.45, 2.75) is 19.9 Å². The van der Waals surface area contributed by atoms with Gasteiger partial charge in [-0.05, 0) is 61.5 Å². The molecule has 0 radical (unpaired) electrons. The maximum absolute atomic E-state index is 13.5. The molecule has 0 aromatic heterocycles. The van der Waals surface area contributed by atoms with Crippen molar-refractivity contribution in [2.75, 3.05) is 51.3 Å². The van der Waals surface area contributed by atoms with Gasteiger partial charge in [-0.2, -0.15) is 0 Å². The first kappa shape index (κ1) is 23.7. The lowest BCUT2D eigenvalue weighted by molar-refractivity contribution is 0.0368. The zero-order valence-electron chi connectivity index (χ0n) is 17.8. The highest BCUT2D eigenvalue weighted by Gasteiger charge is 2.14. The minimum Gasteiger partial charge on any atom is -0.494 e. The third kappa shape index (κ3) is 7.61. The molecule has 0 unspecified atom stereocenters. The van der Waals surface area contributed by atoms with E-state index in [4.69, 9.17) is 33.3 Å². The molecule has 2 aromatic carbocycles. The lowest BCUT2D eigenvalue weighted by atomic mass is 10.2. The number of thiocarbonyl (C=S) groups is 1. The smallest absolute Gasteiger partial charge is 0.173 e. The number of hydrogen-bond acceptors (Lipinski definition) is 4. The average molecular weight is 466 g/mol. The average Bonchev–Trinajstić information content (AvgIpc) is 2.78. The van der Waals surface area contributed by atoms with Crippen molar-refractivity contribution in [3.8, 4) is 5.75 Å². The van der Waals surface area contributed by atoms with Crippen LogP contribution in [0.3, 0.4) is 0 Å². The Hall–Kier alpha value is -1.93. The van der Waals surface area contributed by atoms with Crippen LogP contribution in [0.4, 0.5) is 10.1 Å². The van der Waals surface area contributed by atoms with Crippen molar-refractivity contribution in [2.24, 2.45) is 0 Å². The molecule has 1 fully saturated rings. The predicted octanol–water partition coefficient (Wildman–Crippen LogP) is 4.80. The Balaban J connectivity index is 1.64. The lowest BCUT2D eigenvalue weighted by Gasteiger charge is -2.29. The fraction of sp³-hybridized carbons (Fsp3) is 0.435. The number of nitrogens with zero attached hydrogens (tertiary/aromatic N) is 2. The number of halogens is 2. The number of hydrogen-bond donors (Lipinski definition) is 1. The summed E-state index contributed by atoms with van der Waals surface area (Å²) in [5.74, 6) is 0.404. The van der Waals surface area contributed by atoms with Gasteiger partial charge >= 0.3 is 0 Å². The molecule has 1 heterocycles. The Kier molecular flexibility index (Phi) is 9.33. The first-order valence-electron chi connectivity index (χ1n) is 10.6. The quantitative estimate of drug-likeness (QED) is 0.536. The van der Waals surface area contributed by atoms with Crippen molar-refractivity contribution >= 4 is 34.6 Å². The maximum Gasteiger partial charge on any atom is 0.173 e. The number of ether oxygens (including phenoxy) is 2. The second kappa shape index (κ2) is 12.2. The van der Waals surface area contributed by atoms with Crippen LogP contribution >= 0.6 is 23.8 Å². The Bertz CT molecular complexity index is 847. The van der Waals surface area contributed by atoms with Crippen molar-refractivity contribution < 1.29 is 13.9 Å². The van der Waals surface area contributed by atoms with Crippen LogP contribution in [0.25, 0.3) is 0 Å². The van der Waals surface area contributed by atoms with Crippen molar-refractivity contribution in [3.63, 3.8) is 0 Å². The van der Waals surface area contributed by atoms with E-state index >= 15 is 0 Å². The summed E-state index contributed by atoms with van der Waals surface area (Å²) in [7, 11) is 0. The third-order valence-electron chi connectivity index (χ3n) is 5.07. The van der Waals surface area contributed by atoms with Gasteiger partial charge in [0, 0.05) is 38.4 Å². The molecule has 8 heteroatoms. The Labute approximate surface area is 194 Å². The van der Waals surface area contributed by atoms with Gasteiger partial charge in [0.25, 0.3) is 0 Å². The SMILES string of the molecule is CCOc1ccc(CN(CCCN2CCOCC2)C(=S)Nc2ccc(F)c(Cl)c2)cc1. The number of benzene rings is 2. The molecule has 31 heavy (non-hydrogen) atoms. The molecule has 0 bridgehead atoms. The first-order chi connectivity index (χ1) is 15.0. The van der Waals surface area contributed by atoms with E-state index in [0.717, 1.165) is 57.1 Å². The summed E-state index contributed by atoms with van der Waals surface area (Å²) in [6.45, 7) is 8.58. The highest BCUT2D eigenvalue weighted by Crippen LogP contribution is 2.20. The van der Waals surface area contributed by atoms with Gasteiger partial charge in [-0.15, -0.1) is 0 Å². The van der Waals surface area contributed by atoms with Crippen LogP contribution < -0.4 is 10.1 Å². The Morgan fingerprint density at radius 1 is 1.23 bits per heavy atom. The van der Waals surface area contributed by atoms with E-state index in [0.29, 0.717) is 24.0 Å². The van der Waals surface area contributed by atoms with E-state index in [2.05, 4.69) is 27.2 Å². The lowest BCUT2D eigenvalue weighted by Crippen LogP contribution is -2.40. The molecule has 0 atom stereocenters. The second-order valence-electron chi connectivity index (χ2n) is 7.37. The van der Waals surface area contributed by atoms with E-state index in [1.165, 1.54) is 6.07 Å². The molecular formula is C23H29ClFN3O2S. The van der Waals surface area contributed by atoms with E-state index in [9.17, 15) is 4.39 Å². The van der Waals surface area contributed by atoms with E-state index in [1.807, 2.05) is 19.1 Å². The molecule has 5 nitrogen and oxygen atoms in total. The highest BCUT2D eigenvalue weighted by molar-refractivity contribution is 7.80. The molecule has 1 saturated heterocycles. The van der Waals surface area contributed by atoms with Crippen LogP contribution in [0.15, 0.2) is 42.5 Å². The largest absolute Gasteiger partial charge is 0.494 e. The number of rotatable bonds is 9. The molecule has 1 N–H and O–H groups in total. The minimum absolute atomic E-state index is 0.0678. The molecule has 1 aliphatic heterocycles. The Morgan fingerprint density at radius 2 is 1.97 bits per heavy atom. The summed E-state index contributed by atoms with van der Waals surface area (Å²) in [6, 6.07) is 12.6. The van der Waals surface area contributed by atoms with Crippen LogP contribution in [0.5, 0.6) is 5.75 Å². The fourth-order valence-electron chi connectivity index (χ4n) is 3.42. The van der Waals surface area contributed by atoms with Gasteiger partial charge in [0.1, 0.15) is 11.6 Å². The van der Waals surface area contributed by atoms with Crippen molar-refractivity contribution in [1.82, 2.24) is 9.80 Å². The number of morpholine rings is 1. The van der Waals surface area contributed by atoms with Gasteiger partial charge in [-0.1, -0.05) is 23.7 Å². The third-order valence-corrected chi connectivity index (χ3v) is 5.72. The fourth-order valence-corrected chi connectivity index (χ4v) is 3.87. The van der Waals surface area contributed by atoms with E-state index in [-0.39, 0.29) is 5.02 Å². The normalized spacial score (nSPS) is 14.3. The monoisotopic (exact) mass is 465 g/mol. The van der Waals surface area contributed by atoms with Crippen molar-refractivity contribution in [1.29, 1.82) is 0 Å². The van der Waals surface area contributed by atoms with Gasteiger partial charge < -0.3 is 19.7 Å². The topological polar surface area (TPSA) is 37.0 Å². The Morgan fingerprint density at radius 3 is 2.65 bits per heavy atom. The summed E-state index contributed by atoms with van der Waals surface area (Å²) in [4.78, 5) is 4.54. The van der Waals surface area contributed by atoms with Crippen LogP contribution in [0, 0.1) is 5.82 Å². The van der Waals surface area contributed by atoms with Crippen LogP contribution in [-0.4, -0.2) is 60.9 Å². The maximum atomic E-state index is 13.5. The second-order valence-corrected chi connectivity index (χ2v) is 8.16. The summed E-state index contributed by atoms with van der Waals surface area (Å²) in [5.41, 5.74) is 1.80. The van der Waals surface area contributed by atoms with E-state index in [1.54, 1.807) is 12.1 Å². The number of nitrogens with one attached hydrogen (secondary N) is 1. The molecule has 0 spiro atoms. The summed E-state index contributed by atoms with van der Waals surface area (Å²) in [5, 5.41) is 3.85. The summed E-state index contributed by atoms with van der Waals surface area (Å²) in [6.07, 6.45) is 0.975. The predicted molar refractivity (Wildman–Crippen MR) is 128 cm³/mol. The van der Waals surface area contributed by atoms with Gasteiger partial charge in [-0.3, -0.25) is 4.90 Å². The van der Waals surface area contributed by atoms with Gasteiger partial charge in [0.2, 0.25) is 0 Å².